The molecule has 0 fully saturated rings. The number of carboxylic acid groups (broad SMARTS) is 1. The largest absolute Gasteiger partial charge is 0.480 e. The Kier molecular flexibility index (Phi) is 5.30. The fraction of sp³-hybridized carbons (Fsp3) is 0.421. The highest BCUT2D eigenvalue weighted by molar-refractivity contribution is 5.98. The second kappa shape index (κ2) is 7.09. The topological polar surface area (TPSA) is 84.2 Å². The number of aliphatic carboxylic acids is 1. The molecule has 0 aliphatic carbocycles. The number of aryl methyl sites for hydroxylation is 2. The molecule has 25 heavy (non-hydrogen) atoms. The van der Waals surface area contributed by atoms with E-state index in [0.29, 0.717) is 24.1 Å². The van der Waals surface area contributed by atoms with Gasteiger partial charge in [0.05, 0.1) is 23.1 Å². The first-order chi connectivity index (χ1) is 11.7. The van der Waals surface area contributed by atoms with Gasteiger partial charge in [0.25, 0.3) is 5.91 Å². The van der Waals surface area contributed by atoms with E-state index < -0.39 is 17.4 Å². The molecule has 1 heterocycles. The standard InChI is InChI=1S/C19H25N3O3/c1-6-9-19(5,18(24)25)21-17(23)15-11-20-22(14(15)4)16-10-12(2)7-8-13(16)3/h7-8,10-11H,6,9H2,1-5H3,(H,21,23)(H,24,25). The molecule has 1 amide bonds. The molecule has 0 bridgehead atoms. The van der Waals surface area contributed by atoms with Crippen LogP contribution in [0.2, 0.25) is 0 Å². The third-order valence-electron chi connectivity index (χ3n) is 4.46. The number of carboxylic acids is 1. The minimum absolute atomic E-state index is 0.359. The predicted molar refractivity (Wildman–Crippen MR) is 96.2 cm³/mol. The van der Waals surface area contributed by atoms with Crippen LogP contribution in [0.3, 0.4) is 0 Å². The molecule has 2 N–H and O–H groups in total. The fourth-order valence-corrected chi connectivity index (χ4v) is 2.86. The average molecular weight is 343 g/mol. The Labute approximate surface area is 147 Å². The maximum absolute atomic E-state index is 12.6. The van der Waals surface area contributed by atoms with Crippen LogP contribution in [0.15, 0.2) is 24.4 Å². The van der Waals surface area contributed by atoms with Crippen LogP contribution in [0.4, 0.5) is 0 Å². The summed E-state index contributed by atoms with van der Waals surface area (Å²) >= 11 is 0. The minimum Gasteiger partial charge on any atom is -0.480 e. The van der Waals surface area contributed by atoms with Gasteiger partial charge in [-0.05, 0) is 51.3 Å². The highest BCUT2D eigenvalue weighted by atomic mass is 16.4. The highest BCUT2D eigenvalue weighted by Gasteiger charge is 2.34. The second-order valence-corrected chi connectivity index (χ2v) is 6.69. The zero-order valence-electron chi connectivity index (χ0n) is 15.4. The van der Waals surface area contributed by atoms with Crippen molar-refractivity contribution < 1.29 is 14.7 Å². The van der Waals surface area contributed by atoms with Crippen molar-refractivity contribution in [3.63, 3.8) is 0 Å². The molecule has 6 heteroatoms. The SMILES string of the molecule is CCCC(C)(NC(=O)c1cnn(-c2cc(C)ccc2C)c1C)C(=O)O. The number of carbonyl (C=O) groups excluding carboxylic acids is 1. The van der Waals surface area contributed by atoms with Crippen molar-refractivity contribution in [1.29, 1.82) is 0 Å². The summed E-state index contributed by atoms with van der Waals surface area (Å²) in [6.45, 7) is 9.21. The molecule has 0 radical (unpaired) electrons. The third kappa shape index (κ3) is 3.73. The first-order valence-corrected chi connectivity index (χ1v) is 8.37. The van der Waals surface area contributed by atoms with E-state index in [1.807, 2.05) is 45.9 Å². The van der Waals surface area contributed by atoms with E-state index in [1.165, 1.54) is 13.1 Å². The van der Waals surface area contributed by atoms with Gasteiger partial charge in [0.15, 0.2) is 0 Å². The third-order valence-corrected chi connectivity index (χ3v) is 4.46. The second-order valence-electron chi connectivity index (χ2n) is 6.69. The maximum Gasteiger partial charge on any atom is 0.329 e. The Morgan fingerprint density at radius 1 is 1.28 bits per heavy atom. The van der Waals surface area contributed by atoms with Gasteiger partial charge in [-0.3, -0.25) is 4.79 Å². The zero-order valence-corrected chi connectivity index (χ0v) is 15.4. The van der Waals surface area contributed by atoms with E-state index in [4.69, 9.17) is 0 Å². The van der Waals surface area contributed by atoms with Gasteiger partial charge in [0.2, 0.25) is 0 Å². The number of hydrogen-bond donors (Lipinski definition) is 2. The van der Waals surface area contributed by atoms with Crippen molar-refractivity contribution >= 4 is 11.9 Å². The molecule has 0 aliphatic rings. The molecule has 134 valence electrons. The number of rotatable bonds is 6. The summed E-state index contributed by atoms with van der Waals surface area (Å²) in [6, 6.07) is 6.04. The van der Waals surface area contributed by atoms with Crippen LogP contribution in [0.5, 0.6) is 0 Å². The first-order valence-electron chi connectivity index (χ1n) is 8.37. The predicted octanol–water partition coefficient (Wildman–Crippen LogP) is 3.17. The van der Waals surface area contributed by atoms with Crippen LogP contribution >= 0.6 is 0 Å². The molecule has 0 aliphatic heterocycles. The molecule has 0 saturated heterocycles. The molecule has 1 unspecified atom stereocenters. The van der Waals surface area contributed by atoms with E-state index in [-0.39, 0.29) is 0 Å². The molecule has 2 aromatic rings. The summed E-state index contributed by atoms with van der Waals surface area (Å²) in [6.07, 6.45) is 2.50. The van der Waals surface area contributed by atoms with Gasteiger partial charge in [0, 0.05) is 0 Å². The van der Waals surface area contributed by atoms with E-state index in [9.17, 15) is 14.7 Å². The monoisotopic (exact) mass is 343 g/mol. The summed E-state index contributed by atoms with van der Waals surface area (Å²) in [5, 5.41) is 16.4. The van der Waals surface area contributed by atoms with E-state index >= 15 is 0 Å². The lowest BCUT2D eigenvalue weighted by Gasteiger charge is -2.25. The fourth-order valence-electron chi connectivity index (χ4n) is 2.86. The van der Waals surface area contributed by atoms with Gasteiger partial charge in [0.1, 0.15) is 5.54 Å². The number of aromatic nitrogens is 2. The number of amides is 1. The van der Waals surface area contributed by atoms with Crippen LogP contribution in [0, 0.1) is 20.8 Å². The van der Waals surface area contributed by atoms with E-state index in [2.05, 4.69) is 10.4 Å². The Hall–Kier alpha value is -2.63. The number of carbonyl (C=O) groups is 2. The molecule has 1 aromatic carbocycles. The first kappa shape index (κ1) is 18.7. The van der Waals surface area contributed by atoms with Crippen LogP contribution in [0.25, 0.3) is 5.69 Å². The van der Waals surface area contributed by atoms with Crippen molar-refractivity contribution in [2.75, 3.05) is 0 Å². The van der Waals surface area contributed by atoms with E-state index in [1.54, 1.807) is 4.68 Å². The number of benzene rings is 1. The highest BCUT2D eigenvalue weighted by Crippen LogP contribution is 2.20. The number of hydrogen-bond acceptors (Lipinski definition) is 3. The minimum atomic E-state index is -1.29. The maximum atomic E-state index is 12.6. The van der Waals surface area contributed by atoms with Crippen LogP contribution < -0.4 is 5.32 Å². The lowest BCUT2D eigenvalue weighted by Crippen LogP contribution is -2.52. The molecular weight excluding hydrogens is 318 g/mol. The Morgan fingerprint density at radius 2 is 1.96 bits per heavy atom. The quantitative estimate of drug-likeness (QED) is 0.844. The molecule has 2 rings (SSSR count). The number of nitrogens with zero attached hydrogens (tertiary/aromatic N) is 2. The van der Waals surface area contributed by atoms with Gasteiger partial charge in [-0.2, -0.15) is 5.10 Å². The molecule has 1 atom stereocenters. The van der Waals surface area contributed by atoms with Gasteiger partial charge >= 0.3 is 5.97 Å². The molecular formula is C19H25N3O3. The van der Waals surface area contributed by atoms with Crippen molar-refractivity contribution in [1.82, 2.24) is 15.1 Å². The van der Waals surface area contributed by atoms with Crippen LogP contribution in [-0.4, -0.2) is 32.3 Å². The summed E-state index contributed by atoms with van der Waals surface area (Å²) in [4.78, 5) is 24.2. The molecule has 0 saturated carbocycles. The Morgan fingerprint density at radius 3 is 2.56 bits per heavy atom. The van der Waals surface area contributed by atoms with Crippen LogP contribution in [0.1, 0.15) is 53.9 Å². The molecule has 6 nitrogen and oxygen atoms in total. The average Bonchev–Trinajstić information content (AvgIpc) is 2.91. The number of nitrogens with one attached hydrogen (secondary N) is 1. The zero-order chi connectivity index (χ0) is 18.8. The molecule has 1 aromatic heterocycles. The van der Waals surface area contributed by atoms with Crippen molar-refractivity contribution in [2.24, 2.45) is 0 Å². The van der Waals surface area contributed by atoms with Crippen LogP contribution in [-0.2, 0) is 4.79 Å². The summed E-state index contributed by atoms with van der Waals surface area (Å²) in [5.41, 5.74) is 2.82. The summed E-state index contributed by atoms with van der Waals surface area (Å²) in [7, 11) is 0. The Balaban J connectivity index is 2.36. The van der Waals surface area contributed by atoms with Crippen molar-refractivity contribution in [2.45, 2.75) is 53.0 Å². The summed E-state index contributed by atoms with van der Waals surface area (Å²) in [5.74, 6) is -1.46. The smallest absolute Gasteiger partial charge is 0.329 e. The van der Waals surface area contributed by atoms with E-state index in [0.717, 1.165) is 16.8 Å². The van der Waals surface area contributed by atoms with Gasteiger partial charge < -0.3 is 10.4 Å². The van der Waals surface area contributed by atoms with Gasteiger partial charge in [-0.25, -0.2) is 9.48 Å². The lowest BCUT2D eigenvalue weighted by molar-refractivity contribution is -0.144. The van der Waals surface area contributed by atoms with Crippen molar-refractivity contribution in [3.8, 4) is 5.69 Å². The van der Waals surface area contributed by atoms with Gasteiger partial charge in [-0.1, -0.05) is 25.5 Å². The van der Waals surface area contributed by atoms with Gasteiger partial charge in [-0.15, -0.1) is 0 Å². The summed E-state index contributed by atoms with van der Waals surface area (Å²) < 4.78 is 1.72. The lowest BCUT2D eigenvalue weighted by atomic mass is 9.96. The Bertz CT molecular complexity index is 810. The van der Waals surface area contributed by atoms with Crippen molar-refractivity contribution in [3.05, 3.63) is 46.8 Å². The normalized spacial score (nSPS) is 13.3. The molecule has 0 spiro atoms.